The van der Waals surface area contributed by atoms with Gasteiger partial charge in [-0.3, -0.25) is 25.0 Å². The van der Waals surface area contributed by atoms with Crippen molar-refractivity contribution in [3.63, 3.8) is 0 Å². The summed E-state index contributed by atoms with van der Waals surface area (Å²) >= 11 is 3.25. The number of nitrogens with one attached hydrogen (secondary N) is 1. The van der Waals surface area contributed by atoms with Gasteiger partial charge in [-0.15, -0.1) is 0 Å². The fourth-order valence-corrected chi connectivity index (χ4v) is 3.74. The van der Waals surface area contributed by atoms with Gasteiger partial charge in [-0.05, 0) is 54.1 Å². The molecule has 4 amide bonds. The number of ether oxygens (including phenoxy) is 1. The molecule has 1 saturated heterocycles. The van der Waals surface area contributed by atoms with Crippen LogP contribution in [0.3, 0.4) is 0 Å². The van der Waals surface area contributed by atoms with E-state index in [-0.39, 0.29) is 17.0 Å². The van der Waals surface area contributed by atoms with Crippen molar-refractivity contribution in [3.8, 4) is 11.5 Å². The van der Waals surface area contributed by atoms with Crippen LogP contribution in [0, 0.1) is 10.1 Å². The topological polar surface area (TPSA) is 119 Å². The van der Waals surface area contributed by atoms with Gasteiger partial charge < -0.3 is 4.74 Å². The van der Waals surface area contributed by atoms with E-state index in [0.29, 0.717) is 22.2 Å². The van der Waals surface area contributed by atoms with Gasteiger partial charge in [0.1, 0.15) is 11.3 Å². The molecule has 1 heterocycles. The third-order valence-electron chi connectivity index (χ3n) is 5.07. The SMILES string of the molecule is O=C1NC(=O)N(c2cccc(Br)c2)C(=O)/C1=C/c1ccc(Oc2ccc(C(F)(F)F)cc2[N+](=O)[O-])cc1. The second-order valence-corrected chi connectivity index (χ2v) is 8.46. The average molecular weight is 576 g/mol. The Balaban J connectivity index is 1.59. The fraction of sp³-hybridized carbons (Fsp3) is 0.0417. The van der Waals surface area contributed by atoms with Crippen LogP contribution in [0.2, 0.25) is 0 Å². The maximum Gasteiger partial charge on any atom is 0.416 e. The van der Waals surface area contributed by atoms with Crippen molar-refractivity contribution in [2.24, 2.45) is 0 Å². The number of rotatable bonds is 5. The quantitative estimate of drug-likeness (QED) is 0.177. The van der Waals surface area contributed by atoms with Crippen molar-refractivity contribution < 1.29 is 37.2 Å². The molecule has 0 aromatic heterocycles. The molecule has 0 unspecified atom stereocenters. The lowest BCUT2D eigenvalue weighted by Crippen LogP contribution is -2.54. The van der Waals surface area contributed by atoms with Gasteiger partial charge in [0.2, 0.25) is 5.75 Å². The van der Waals surface area contributed by atoms with Crippen LogP contribution in [0.15, 0.2) is 76.8 Å². The lowest BCUT2D eigenvalue weighted by Gasteiger charge is -2.26. The summed E-state index contributed by atoms with van der Waals surface area (Å²) in [7, 11) is 0. The van der Waals surface area contributed by atoms with E-state index in [0.717, 1.165) is 11.0 Å². The number of halogens is 4. The Bertz CT molecular complexity index is 1470. The van der Waals surface area contributed by atoms with Gasteiger partial charge in [0.05, 0.1) is 16.2 Å². The number of carbonyl (C=O) groups excluding carboxylic acids is 3. The Labute approximate surface area is 214 Å². The minimum Gasteiger partial charge on any atom is -0.450 e. The Morgan fingerprint density at radius 2 is 1.70 bits per heavy atom. The van der Waals surface area contributed by atoms with Gasteiger partial charge >= 0.3 is 17.9 Å². The van der Waals surface area contributed by atoms with Crippen molar-refractivity contribution in [1.29, 1.82) is 0 Å². The van der Waals surface area contributed by atoms with Crippen molar-refractivity contribution in [1.82, 2.24) is 5.32 Å². The molecule has 0 spiro atoms. The molecule has 3 aromatic carbocycles. The standard InChI is InChI=1S/C24H13BrF3N3O6/c25-15-2-1-3-16(12-15)30-22(33)18(21(32)29-23(30)34)10-13-4-7-17(8-5-13)37-20-9-6-14(24(26,27)28)11-19(20)31(35)36/h1-12H,(H,29,32,34)/b18-10+. The van der Waals surface area contributed by atoms with Gasteiger partial charge in [-0.25, -0.2) is 9.69 Å². The lowest BCUT2D eigenvalue weighted by atomic mass is 10.1. The molecule has 0 bridgehead atoms. The number of nitro benzene ring substituents is 1. The smallest absolute Gasteiger partial charge is 0.416 e. The van der Waals surface area contributed by atoms with E-state index < -0.39 is 45.9 Å². The molecule has 1 N–H and O–H groups in total. The van der Waals surface area contributed by atoms with Crippen LogP contribution in [-0.4, -0.2) is 22.8 Å². The zero-order chi connectivity index (χ0) is 26.9. The van der Waals surface area contributed by atoms with E-state index in [9.17, 15) is 37.7 Å². The number of imide groups is 2. The van der Waals surface area contributed by atoms with Gasteiger partial charge in [-0.2, -0.15) is 13.2 Å². The number of barbiturate groups is 1. The van der Waals surface area contributed by atoms with Crippen LogP contribution < -0.4 is 15.0 Å². The fourth-order valence-electron chi connectivity index (χ4n) is 3.36. The van der Waals surface area contributed by atoms with Crippen molar-refractivity contribution in [3.05, 3.63) is 98.0 Å². The first-order chi connectivity index (χ1) is 17.4. The number of benzene rings is 3. The van der Waals surface area contributed by atoms with Crippen molar-refractivity contribution >= 4 is 51.2 Å². The van der Waals surface area contributed by atoms with E-state index in [1.54, 1.807) is 12.1 Å². The average Bonchev–Trinajstić information content (AvgIpc) is 2.82. The zero-order valence-electron chi connectivity index (χ0n) is 18.3. The molecule has 0 aliphatic carbocycles. The number of hydrogen-bond donors (Lipinski definition) is 1. The molecule has 1 aliphatic heterocycles. The van der Waals surface area contributed by atoms with Crippen molar-refractivity contribution in [2.45, 2.75) is 6.18 Å². The van der Waals surface area contributed by atoms with Crippen LogP contribution in [0.25, 0.3) is 6.08 Å². The molecule has 3 aromatic rings. The molecule has 0 atom stereocenters. The molecule has 0 radical (unpaired) electrons. The Morgan fingerprint density at radius 3 is 2.32 bits per heavy atom. The number of urea groups is 1. The van der Waals surface area contributed by atoms with E-state index in [1.165, 1.54) is 42.5 Å². The molecular weight excluding hydrogens is 563 g/mol. The molecule has 9 nitrogen and oxygen atoms in total. The van der Waals surface area contributed by atoms with Crippen LogP contribution in [-0.2, 0) is 15.8 Å². The zero-order valence-corrected chi connectivity index (χ0v) is 19.9. The molecular formula is C24H13BrF3N3O6. The van der Waals surface area contributed by atoms with Crippen LogP contribution >= 0.6 is 15.9 Å². The summed E-state index contributed by atoms with van der Waals surface area (Å²) in [5.41, 5.74) is -1.82. The lowest BCUT2D eigenvalue weighted by molar-refractivity contribution is -0.385. The number of nitro groups is 1. The van der Waals surface area contributed by atoms with Crippen LogP contribution in [0.4, 0.5) is 29.3 Å². The predicted octanol–water partition coefficient (Wildman–Crippen LogP) is 5.83. The normalized spacial score (nSPS) is 15.1. The summed E-state index contributed by atoms with van der Waals surface area (Å²) in [6.07, 6.45) is -3.53. The number of alkyl halides is 3. The highest BCUT2D eigenvalue weighted by atomic mass is 79.9. The highest BCUT2D eigenvalue weighted by molar-refractivity contribution is 9.10. The summed E-state index contributed by atoms with van der Waals surface area (Å²) in [6, 6.07) is 12.8. The second kappa shape index (κ2) is 9.85. The Morgan fingerprint density at radius 1 is 1.00 bits per heavy atom. The van der Waals surface area contributed by atoms with E-state index >= 15 is 0 Å². The summed E-state index contributed by atoms with van der Waals surface area (Å²) in [5, 5.41) is 13.3. The third kappa shape index (κ3) is 5.51. The van der Waals surface area contributed by atoms with Gasteiger partial charge in [0.25, 0.3) is 11.8 Å². The molecule has 37 heavy (non-hydrogen) atoms. The first kappa shape index (κ1) is 25.6. The second-order valence-electron chi connectivity index (χ2n) is 7.55. The Hall–Kier alpha value is -4.52. The molecule has 4 rings (SSSR count). The van der Waals surface area contributed by atoms with Crippen LogP contribution in [0.5, 0.6) is 11.5 Å². The number of carbonyl (C=O) groups is 3. The maximum atomic E-state index is 13.0. The molecule has 1 aliphatic rings. The number of nitrogens with zero attached hydrogens (tertiary/aromatic N) is 2. The first-order valence-corrected chi connectivity index (χ1v) is 11.0. The summed E-state index contributed by atoms with van der Waals surface area (Å²) in [5.74, 6) is -2.11. The predicted molar refractivity (Wildman–Crippen MR) is 128 cm³/mol. The largest absolute Gasteiger partial charge is 0.450 e. The van der Waals surface area contributed by atoms with E-state index in [1.807, 2.05) is 0 Å². The molecule has 0 saturated carbocycles. The van der Waals surface area contributed by atoms with E-state index in [4.69, 9.17) is 4.74 Å². The third-order valence-corrected chi connectivity index (χ3v) is 5.56. The number of anilines is 1. The first-order valence-electron chi connectivity index (χ1n) is 10.2. The van der Waals surface area contributed by atoms with Gasteiger partial charge in [-0.1, -0.05) is 34.1 Å². The highest BCUT2D eigenvalue weighted by Gasteiger charge is 2.37. The van der Waals surface area contributed by atoms with Gasteiger partial charge in [0.15, 0.2) is 0 Å². The monoisotopic (exact) mass is 575 g/mol. The van der Waals surface area contributed by atoms with E-state index in [2.05, 4.69) is 21.2 Å². The van der Waals surface area contributed by atoms with Gasteiger partial charge in [0, 0.05) is 10.5 Å². The summed E-state index contributed by atoms with van der Waals surface area (Å²) in [4.78, 5) is 48.7. The maximum absolute atomic E-state index is 13.0. The molecule has 1 fully saturated rings. The minimum absolute atomic E-state index is 0.0513. The summed E-state index contributed by atoms with van der Waals surface area (Å²) < 4.78 is 44.7. The number of hydrogen-bond acceptors (Lipinski definition) is 6. The minimum atomic E-state index is -4.77. The summed E-state index contributed by atoms with van der Waals surface area (Å²) in [6.45, 7) is 0. The molecule has 188 valence electrons. The van der Waals surface area contributed by atoms with Crippen LogP contribution in [0.1, 0.15) is 11.1 Å². The molecule has 13 heteroatoms. The highest BCUT2D eigenvalue weighted by Crippen LogP contribution is 2.38. The number of amides is 4. The Kier molecular flexibility index (Phi) is 6.81. The van der Waals surface area contributed by atoms with Crippen molar-refractivity contribution in [2.75, 3.05) is 4.90 Å².